The second-order valence-electron chi connectivity index (χ2n) is 4.87. The summed E-state index contributed by atoms with van der Waals surface area (Å²) in [6.07, 6.45) is 5.62. The van der Waals surface area contributed by atoms with Gasteiger partial charge in [0.15, 0.2) is 0 Å². The van der Waals surface area contributed by atoms with E-state index in [1.54, 1.807) is 13.8 Å². The lowest BCUT2D eigenvalue weighted by atomic mass is 9.74. The van der Waals surface area contributed by atoms with Gasteiger partial charge in [-0.15, -0.1) is 0 Å². The van der Waals surface area contributed by atoms with Gasteiger partial charge in [-0.2, -0.15) is 0 Å². The molecule has 2 unspecified atom stereocenters. The first-order valence-electron chi connectivity index (χ1n) is 5.43. The van der Waals surface area contributed by atoms with Crippen molar-refractivity contribution in [3.05, 3.63) is 0 Å². The summed E-state index contributed by atoms with van der Waals surface area (Å²) < 4.78 is 13.7. The van der Waals surface area contributed by atoms with Gasteiger partial charge in [0.05, 0.1) is 0 Å². The molecule has 1 aliphatic rings. The lowest BCUT2D eigenvalue weighted by Crippen LogP contribution is -2.31. The van der Waals surface area contributed by atoms with Crippen molar-refractivity contribution in [3.63, 3.8) is 0 Å². The van der Waals surface area contributed by atoms with E-state index in [4.69, 9.17) is 5.73 Å². The molecule has 2 N–H and O–H groups in total. The van der Waals surface area contributed by atoms with Crippen LogP contribution in [-0.4, -0.2) is 12.2 Å². The summed E-state index contributed by atoms with van der Waals surface area (Å²) in [6.45, 7) is 4.18. The van der Waals surface area contributed by atoms with E-state index in [2.05, 4.69) is 0 Å². The molecule has 0 bridgehead atoms. The van der Waals surface area contributed by atoms with E-state index in [9.17, 15) is 4.39 Å². The Hall–Kier alpha value is -0.110. The summed E-state index contributed by atoms with van der Waals surface area (Å²) in [7, 11) is 0. The SMILES string of the molecule is CC(C)(F)C1CCCC(CCN)C1. The first-order valence-corrected chi connectivity index (χ1v) is 5.43. The topological polar surface area (TPSA) is 26.0 Å². The molecular weight excluding hydrogens is 165 g/mol. The van der Waals surface area contributed by atoms with Crippen LogP contribution < -0.4 is 5.73 Å². The molecular formula is C11H22FN. The number of nitrogens with two attached hydrogens (primary N) is 1. The van der Waals surface area contributed by atoms with Crippen LogP contribution in [0.4, 0.5) is 4.39 Å². The van der Waals surface area contributed by atoms with Crippen molar-refractivity contribution in [1.29, 1.82) is 0 Å². The molecule has 0 aromatic rings. The molecule has 0 aromatic carbocycles. The van der Waals surface area contributed by atoms with Gasteiger partial charge >= 0.3 is 0 Å². The molecule has 0 heterocycles. The molecule has 0 aliphatic heterocycles. The van der Waals surface area contributed by atoms with E-state index in [1.807, 2.05) is 0 Å². The molecule has 0 amide bonds. The van der Waals surface area contributed by atoms with Crippen molar-refractivity contribution in [2.75, 3.05) is 6.54 Å². The fourth-order valence-corrected chi connectivity index (χ4v) is 2.41. The van der Waals surface area contributed by atoms with Crippen LogP contribution >= 0.6 is 0 Å². The average molecular weight is 187 g/mol. The highest BCUT2D eigenvalue weighted by Gasteiger charge is 2.33. The van der Waals surface area contributed by atoms with Gasteiger partial charge in [-0.05, 0) is 51.5 Å². The lowest BCUT2D eigenvalue weighted by Gasteiger charge is -2.34. The molecule has 0 radical (unpaired) electrons. The van der Waals surface area contributed by atoms with Gasteiger partial charge in [0.1, 0.15) is 5.67 Å². The number of rotatable bonds is 3. The van der Waals surface area contributed by atoms with Gasteiger partial charge in [0.2, 0.25) is 0 Å². The highest BCUT2D eigenvalue weighted by molar-refractivity contribution is 4.83. The third-order valence-electron chi connectivity index (χ3n) is 3.33. The zero-order valence-electron chi connectivity index (χ0n) is 8.85. The normalized spacial score (nSPS) is 30.5. The van der Waals surface area contributed by atoms with Crippen molar-refractivity contribution >= 4 is 0 Å². The molecule has 0 spiro atoms. The summed E-state index contributed by atoms with van der Waals surface area (Å²) in [5.41, 5.74) is 4.53. The summed E-state index contributed by atoms with van der Waals surface area (Å²) in [4.78, 5) is 0. The van der Waals surface area contributed by atoms with Crippen LogP contribution in [0.1, 0.15) is 46.0 Å². The first-order chi connectivity index (χ1) is 6.04. The maximum Gasteiger partial charge on any atom is 0.108 e. The molecule has 1 aliphatic carbocycles. The Labute approximate surface area is 80.9 Å². The van der Waals surface area contributed by atoms with E-state index in [1.165, 1.54) is 12.8 Å². The van der Waals surface area contributed by atoms with Crippen molar-refractivity contribution in [1.82, 2.24) is 0 Å². The molecule has 0 aromatic heterocycles. The van der Waals surface area contributed by atoms with Crippen molar-refractivity contribution in [2.24, 2.45) is 17.6 Å². The number of alkyl halides is 1. The fourth-order valence-electron chi connectivity index (χ4n) is 2.41. The van der Waals surface area contributed by atoms with Gasteiger partial charge < -0.3 is 5.73 Å². The van der Waals surface area contributed by atoms with E-state index in [0.29, 0.717) is 5.92 Å². The van der Waals surface area contributed by atoms with E-state index < -0.39 is 5.67 Å². The molecule has 1 saturated carbocycles. The van der Waals surface area contributed by atoms with Gasteiger partial charge in [-0.1, -0.05) is 12.8 Å². The fraction of sp³-hybridized carbons (Fsp3) is 1.00. The van der Waals surface area contributed by atoms with E-state index in [0.717, 1.165) is 25.8 Å². The van der Waals surface area contributed by atoms with E-state index >= 15 is 0 Å². The lowest BCUT2D eigenvalue weighted by molar-refractivity contribution is 0.0729. The second kappa shape index (κ2) is 4.41. The zero-order chi connectivity index (χ0) is 9.90. The average Bonchev–Trinajstić information content (AvgIpc) is 2.04. The summed E-state index contributed by atoms with van der Waals surface area (Å²) in [5, 5.41) is 0. The first kappa shape index (κ1) is 11.0. The molecule has 78 valence electrons. The highest BCUT2D eigenvalue weighted by Crippen LogP contribution is 2.38. The third-order valence-corrected chi connectivity index (χ3v) is 3.33. The summed E-state index contributed by atoms with van der Waals surface area (Å²) in [5.74, 6) is 0.941. The molecule has 2 heteroatoms. The minimum absolute atomic E-state index is 0.262. The Morgan fingerprint density at radius 1 is 1.38 bits per heavy atom. The van der Waals surface area contributed by atoms with Crippen LogP contribution in [0.15, 0.2) is 0 Å². The Morgan fingerprint density at radius 3 is 2.62 bits per heavy atom. The van der Waals surface area contributed by atoms with Crippen LogP contribution in [0.5, 0.6) is 0 Å². The minimum atomic E-state index is -0.993. The largest absolute Gasteiger partial charge is 0.330 e. The maximum atomic E-state index is 13.7. The second-order valence-corrected chi connectivity index (χ2v) is 4.87. The van der Waals surface area contributed by atoms with Crippen LogP contribution in [0.2, 0.25) is 0 Å². The van der Waals surface area contributed by atoms with Gasteiger partial charge in [-0.25, -0.2) is 4.39 Å². The third kappa shape index (κ3) is 3.26. The van der Waals surface area contributed by atoms with Crippen molar-refractivity contribution in [3.8, 4) is 0 Å². The Morgan fingerprint density at radius 2 is 2.08 bits per heavy atom. The van der Waals surface area contributed by atoms with Crippen LogP contribution in [0.3, 0.4) is 0 Å². The predicted octanol–water partition coefficient (Wildman–Crippen LogP) is 2.89. The maximum absolute atomic E-state index is 13.7. The predicted molar refractivity (Wildman–Crippen MR) is 54.3 cm³/mol. The van der Waals surface area contributed by atoms with Gasteiger partial charge in [0, 0.05) is 0 Å². The Balaban J connectivity index is 2.42. The van der Waals surface area contributed by atoms with E-state index in [-0.39, 0.29) is 5.92 Å². The van der Waals surface area contributed by atoms with Crippen molar-refractivity contribution < 1.29 is 4.39 Å². The molecule has 2 atom stereocenters. The summed E-state index contributed by atoms with van der Waals surface area (Å²) >= 11 is 0. The van der Waals surface area contributed by atoms with Crippen LogP contribution in [-0.2, 0) is 0 Å². The molecule has 0 saturated heterocycles. The zero-order valence-corrected chi connectivity index (χ0v) is 8.85. The van der Waals surface area contributed by atoms with Crippen LogP contribution in [0.25, 0.3) is 0 Å². The van der Waals surface area contributed by atoms with Gasteiger partial charge in [-0.3, -0.25) is 0 Å². The number of hydrogen-bond donors (Lipinski definition) is 1. The van der Waals surface area contributed by atoms with Gasteiger partial charge in [0.25, 0.3) is 0 Å². The van der Waals surface area contributed by atoms with Crippen LogP contribution in [0, 0.1) is 11.8 Å². The molecule has 1 nitrogen and oxygen atoms in total. The van der Waals surface area contributed by atoms with Crippen molar-refractivity contribution in [2.45, 2.75) is 51.6 Å². The Kier molecular flexibility index (Phi) is 3.72. The Bertz CT molecular complexity index is 149. The summed E-state index contributed by atoms with van der Waals surface area (Å²) in [6, 6.07) is 0. The minimum Gasteiger partial charge on any atom is -0.330 e. The highest BCUT2D eigenvalue weighted by atomic mass is 19.1. The number of hydrogen-bond acceptors (Lipinski definition) is 1. The molecule has 13 heavy (non-hydrogen) atoms. The quantitative estimate of drug-likeness (QED) is 0.722. The molecule has 1 fully saturated rings. The standard InChI is InChI=1S/C11H22FN/c1-11(2,12)10-5-3-4-9(8-10)6-7-13/h9-10H,3-8,13H2,1-2H3. The smallest absolute Gasteiger partial charge is 0.108 e. The monoisotopic (exact) mass is 187 g/mol. The molecule has 1 rings (SSSR count). The number of halogens is 1.